The maximum Gasteiger partial charge on any atom is 0.272 e. The van der Waals surface area contributed by atoms with Crippen molar-refractivity contribution in [2.75, 3.05) is 6.79 Å². The SMILES string of the molecule is CC(=O)N1N=C(c2ccc([N+](=O)[O-])c(C)c2)c2cc3c(cc2CC1C)OCO3. The molecular weight excluding hydrogens is 362 g/mol. The number of rotatable bonds is 2. The van der Waals surface area contributed by atoms with Crippen molar-refractivity contribution in [1.82, 2.24) is 5.01 Å². The number of benzene rings is 2. The van der Waals surface area contributed by atoms with Crippen LogP contribution in [0.1, 0.15) is 36.1 Å². The molecule has 0 spiro atoms. The summed E-state index contributed by atoms with van der Waals surface area (Å²) in [6.07, 6.45) is 0.602. The molecule has 0 N–H and O–H groups in total. The highest BCUT2D eigenvalue weighted by atomic mass is 16.7. The lowest BCUT2D eigenvalue weighted by Gasteiger charge is -2.21. The second-order valence-corrected chi connectivity index (χ2v) is 6.99. The van der Waals surface area contributed by atoms with Crippen molar-refractivity contribution in [1.29, 1.82) is 0 Å². The van der Waals surface area contributed by atoms with Crippen molar-refractivity contribution < 1.29 is 19.2 Å². The number of hydrogen-bond acceptors (Lipinski definition) is 6. The molecule has 0 aliphatic carbocycles. The number of aryl methyl sites for hydroxylation is 1. The van der Waals surface area contributed by atoms with Gasteiger partial charge in [-0.15, -0.1) is 0 Å². The number of nitro benzene ring substituents is 1. The Morgan fingerprint density at radius 1 is 1.25 bits per heavy atom. The van der Waals surface area contributed by atoms with Crippen molar-refractivity contribution in [3.63, 3.8) is 0 Å². The Morgan fingerprint density at radius 2 is 1.96 bits per heavy atom. The van der Waals surface area contributed by atoms with E-state index in [4.69, 9.17) is 9.47 Å². The van der Waals surface area contributed by atoms with E-state index in [1.807, 2.05) is 19.1 Å². The summed E-state index contributed by atoms with van der Waals surface area (Å²) in [4.78, 5) is 22.9. The third kappa shape index (κ3) is 2.96. The summed E-state index contributed by atoms with van der Waals surface area (Å²) in [7, 11) is 0. The number of hydrogen-bond donors (Lipinski definition) is 0. The van der Waals surface area contributed by atoms with Crippen LogP contribution in [0.3, 0.4) is 0 Å². The van der Waals surface area contributed by atoms with Gasteiger partial charge in [0.15, 0.2) is 11.5 Å². The molecule has 2 aromatic rings. The quantitative estimate of drug-likeness (QED) is 0.588. The lowest BCUT2D eigenvalue weighted by molar-refractivity contribution is -0.385. The average molecular weight is 381 g/mol. The second kappa shape index (κ2) is 6.63. The molecule has 2 aliphatic heterocycles. The summed E-state index contributed by atoms with van der Waals surface area (Å²) in [5, 5.41) is 17.3. The predicted octanol–water partition coefficient (Wildman–Crippen LogP) is 3.18. The molecule has 0 saturated heterocycles. The van der Waals surface area contributed by atoms with Gasteiger partial charge in [0.05, 0.1) is 16.7 Å². The molecule has 4 rings (SSSR count). The molecule has 2 aromatic carbocycles. The van der Waals surface area contributed by atoms with Gasteiger partial charge in [-0.05, 0) is 50.1 Å². The van der Waals surface area contributed by atoms with Crippen LogP contribution in [0.25, 0.3) is 0 Å². The van der Waals surface area contributed by atoms with E-state index in [0.29, 0.717) is 34.8 Å². The maximum atomic E-state index is 12.2. The molecule has 1 amide bonds. The standard InChI is InChI=1S/C20H19N3O5/c1-11-6-14(4-5-17(11)23(25)26)20-16-9-19-18(27-10-28-19)8-15(16)7-12(2)22(21-20)13(3)24/h4-6,8-9,12H,7,10H2,1-3H3. The summed E-state index contributed by atoms with van der Waals surface area (Å²) in [6.45, 7) is 5.26. The van der Waals surface area contributed by atoms with E-state index in [-0.39, 0.29) is 24.4 Å². The Bertz CT molecular complexity index is 1030. The third-order valence-corrected chi connectivity index (χ3v) is 4.98. The van der Waals surface area contributed by atoms with Gasteiger partial charge in [0.25, 0.3) is 5.69 Å². The summed E-state index contributed by atoms with van der Waals surface area (Å²) in [6, 6.07) is 8.49. The Balaban J connectivity index is 1.92. The van der Waals surface area contributed by atoms with Gasteiger partial charge in [-0.25, -0.2) is 5.01 Å². The van der Waals surface area contributed by atoms with Crippen LogP contribution in [0.2, 0.25) is 0 Å². The molecule has 0 saturated carbocycles. The molecule has 28 heavy (non-hydrogen) atoms. The molecular formula is C20H19N3O5. The maximum absolute atomic E-state index is 12.2. The summed E-state index contributed by atoms with van der Waals surface area (Å²) < 4.78 is 11.0. The van der Waals surface area contributed by atoms with E-state index >= 15 is 0 Å². The Kier molecular flexibility index (Phi) is 4.26. The van der Waals surface area contributed by atoms with Gasteiger partial charge in [0.1, 0.15) is 0 Å². The fraction of sp³-hybridized carbons (Fsp3) is 0.300. The number of nitrogens with zero attached hydrogens (tertiary/aromatic N) is 3. The van der Waals surface area contributed by atoms with E-state index in [1.165, 1.54) is 18.0 Å². The molecule has 0 radical (unpaired) electrons. The number of nitro groups is 1. The van der Waals surface area contributed by atoms with Crippen LogP contribution in [-0.2, 0) is 11.2 Å². The van der Waals surface area contributed by atoms with Crippen LogP contribution < -0.4 is 9.47 Å². The number of carbonyl (C=O) groups excluding carboxylic acids is 1. The Hall–Kier alpha value is -3.42. The summed E-state index contributed by atoms with van der Waals surface area (Å²) in [5.74, 6) is 1.12. The Labute approximate surface area is 161 Å². The lowest BCUT2D eigenvalue weighted by atomic mass is 9.93. The molecule has 0 bridgehead atoms. The minimum Gasteiger partial charge on any atom is -0.454 e. The van der Waals surface area contributed by atoms with Gasteiger partial charge in [-0.2, -0.15) is 5.10 Å². The van der Waals surface area contributed by atoms with Crippen LogP contribution in [0.5, 0.6) is 11.5 Å². The number of hydrazone groups is 1. The normalized spacial score (nSPS) is 17.6. The molecule has 2 heterocycles. The van der Waals surface area contributed by atoms with Gasteiger partial charge in [0, 0.05) is 29.7 Å². The Morgan fingerprint density at radius 3 is 2.61 bits per heavy atom. The van der Waals surface area contributed by atoms with E-state index in [9.17, 15) is 14.9 Å². The first-order valence-electron chi connectivity index (χ1n) is 8.92. The summed E-state index contributed by atoms with van der Waals surface area (Å²) >= 11 is 0. The fourth-order valence-corrected chi connectivity index (χ4v) is 3.64. The zero-order valence-corrected chi connectivity index (χ0v) is 15.8. The molecule has 8 nitrogen and oxygen atoms in total. The molecule has 1 unspecified atom stereocenters. The molecule has 144 valence electrons. The number of ether oxygens (including phenoxy) is 2. The van der Waals surface area contributed by atoms with Gasteiger partial charge < -0.3 is 9.47 Å². The highest BCUT2D eigenvalue weighted by molar-refractivity contribution is 6.14. The first kappa shape index (κ1) is 18.0. The number of amides is 1. The van der Waals surface area contributed by atoms with Crippen molar-refractivity contribution >= 4 is 17.3 Å². The monoisotopic (exact) mass is 381 g/mol. The number of carbonyl (C=O) groups is 1. The molecule has 2 aliphatic rings. The van der Waals surface area contributed by atoms with Crippen molar-refractivity contribution in [2.24, 2.45) is 5.10 Å². The average Bonchev–Trinajstić information content (AvgIpc) is 3.02. The van der Waals surface area contributed by atoms with E-state index in [0.717, 1.165) is 11.1 Å². The minimum atomic E-state index is -0.413. The topological polar surface area (TPSA) is 94.3 Å². The minimum absolute atomic E-state index is 0.0423. The predicted molar refractivity (Wildman–Crippen MR) is 102 cm³/mol. The van der Waals surface area contributed by atoms with E-state index < -0.39 is 4.92 Å². The van der Waals surface area contributed by atoms with E-state index in [1.54, 1.807) is 19.1 Å². The largest absolute Gasteiger partial charge is 0.454 e. The van der Waals surface area contributed by atoms with Crippen LogP contribution in [0.15, 0.2) is 35.4 Å². The van der Waals surface area contributed by atoms with Gasteiger partial charge in [-0.1, -0.05) is 0 Å². The van der Waals surface area contributed by atoms with Crippen molar-refractivity contribution in [3.8, 4) is 11.5 Å². The molecule has 1 atom stereocenters. The van der Waals surface area contributed by atoms with Crippen LogP contribution >= 0.6 is 0 Å². The molecule has 8 heteroatoms. The van der Waals surface area contributed by atoms with Gasteiger partial charge >= 0.3 is 0 Å². The summed E-state index contributed by atoms with van der Waals surface area (Å²) in [5.41, 5.74) is 3.65. The van der Waals surface area contributed by atoms with E-state index in [2.05, 4.69) is 5.10 Å². The fourth-order valence-electron chi connectivity index (χ4n) is 3.64. The molecule has 0 fully saturated rings. The van der Waals surface area contributed by atoms with Crippen molar-refractivity contribution in [3.05, 3.63) is 62.7 Å². The first-order valence-corrected chi connectivity index (χ1v) is 8.92. The highest BCUT2D eigenvalue weighted by Crippen LogP contribution is 2.38. The molecule has 0 aromatic heterocycles. The van der Waals surface area contributed by atoms with Crippen molar-refractivity contribution in [2.45, 2.75) is 33.2 Å². The smallest absolute Gasteiger partial charge is 0.272 e. The van der Waals surface area contributed by atoms with Crippen LogP contribution in [0.4, 0.5) is 5.69 Å². The lowest BCUT2D eigenvalue weighted by Crippen LogP contribution is -2.33. The first-order chi connectivity index (χ1) is 13.3. The number of fused-ring (bicyclic) bond motifs is 2. The van der Waals surface area contributed by atoms with Gasteiger partial charge in [0.2, 0.25) is 12.7 Å². The van der Waals surface area contributed by atoms with Gasteiger partial charge in [-0.3, -0.25) is 14.9 Å². The van der Waals surface area contributed by atoms with Crippen LogP contribution in [0, 0.1) is 17.0 Å². The third-order valence-electron chi connectivity index (χ3n) is 4.98. The highest BCUT2D eigenvalue weighted by Gasteiger charge is 2.29. The zero-order chi connectivity index (χ0) is 20.0. The second-order valence-electron chi connectivity index (χ2n) is 6.99. The zero-order valence-electron chi connectivity index (χ0n) is 15.8. The van der Waals surface area contributed by atoms with Crippen LogP contribution in [-0.4, -0.2) is 34.4 Å².